The van der Waals surface area contributed by atoms with Crippen LogP contribution in [0.2, 0.25) is 5.02 Å². The quantitative estimate of drug-likeness (QED) is 0.876. The second-order valence-electron chi connectivity index (χ2n) is 4.64. The Morgan fingerprint density at radius 1 is 1.52 bits per heavy atom. The van der Waals surface area contributed by atoms with Gasteiger partial charge in [0.2, 0.25) is 0 Å². The zero-order chi connectivity index (χ0) is 15.2. The van der Waals surface area contributed by atoms with Gasteiger partial charge in [0, 0.05) is 24.7 Å². The summed E-state index contributed by atoms with van der Waals surface area (Å²) in [4.78, 5) is 18.3. The van der Waals surface area contributed by atoms with Crippen LogP contribution < -0.4 is 15.4 Å². The Kier molecular flexibility index (Phi) is 5.27. The lowest BCUT2D eigenvalue weighted by Crippen LogP contribution is -2.37. The number of hydrogen-bond donors (Lipinski definition) is 2. The van der Waals surface area contributed by atoms with Crippen LogP contribution in [-0.4, -0.2) is 50.1 Å². The van der Waals surface area contributed by atoms with Crippen molar-refractivity contribution in [2.45, 2.75) is 6.92 Å². The molecule has 0 saturated heterocycles. The first-order chi connectivity index (χ1) is 10.1. The smallest absolute Gasteiger partial charge is 0.319 e. The summed E-state index contributed by atoms with van der Waals surface area (Å²) in [5.74, 6) is 1.59. The molecule has 1 aromatic rings. The first kappa shape index (κ1) is 15.4. The average molecular weight is 311 g/mol. The number of rotatable bonds is 5. The normalized spacial score (nSPS) is 13.9. The van der Waals surface area contributed by atoms with E-state index in [0.29, 0.717) is 23.0 Å². The van der Waals surface area contributed by atoms with Gasteiger partial charge in [-0.25, -0.2) is 4.79 Å². The van der Waals surface area contributed by atoms with E-state index < -0.39 is 0 Å². The fourth-order valence-electron chi connectivity index (χ4n) is 2.12. The minimum Gasteiger partial charge on any atom is -0.495 e. The predicted octanol–water partition coefficient (Wildman–Crippen LogP) is 2.20. The molecular weight excluding hydrogens is 292 g/mol. The molecule has 0 unspecified atom stereocenters. The van der Waals surface area contributed by atoms with Crippen LogP contribution in [0.1, 0.15) is 6.92 Å². The van der Waals surface area contributed by atoms with E-state index in [-0.39, 0.29) is 6.03 Å². The van der Waals surface area contributed by atoms with Crippen LogP contribution in [0.25, 0.3) is 0 Å². The highest BCUT2D eigenvalue weighted by Crippen LogP contribution is 2.27. The van der Waals surface area contributed by atoms with E-state index in [4.69, 9.17) is 16.3 Å². The minimum absolute atomic E-state index is 0.288. The van der Waals surface area contributed by atoms with Crippen LogP contribution in [0.5, 0.6) is 5.75 Å². The molecule has 0 bridgehead atoms. The number of benzene rings is 1. The van der Waals surface area contributed by atoms with E-state index in [1.165, 1.54) is 0 Å². The van der Waals surface area contributed by atoms with Crippen LogP contribution in [0, 0.1) is 0 Å². The Balaban J connectivity index is 1.82. The van der Waals surface area contributed by atoms with Crippen molar-refractivity contribution >= 4 is 29.2 Å². The average Bonchev–Trinajstić information content (AvgIpc) is 2.85. The van der Waals surface area contributed by atoms with E-state index >= 15 is 0 Å². The number of methoxy groups -OCH3 is 1. The molecule has 2 N–H and O–H groups in total. The van der Waals surface area contributed by atoms with Crippen LogP contribution in [0.4, 0.5) is 10.5 Å². The zero-order valence-corrected chi connectivity index (χ0v) is 12.9. The number of carbonyl (C=O) groups excluding carboxylic acids is 1. The van der Waals surface area contributed by atoms with Gasteiger partial charge in [-0.1, -0.05) is 11.6 Å². The number of anilines is 1. The summed E-state index contributed by atoms with van der Waals surface area (Å²) in [6.07, 6.45) is 0. The van der Waals surface area contributed by atoms with Crippen LogP contribution in [-0.2, 0) is 0 Å². The molecule has 0 aromatic heterocycles. The van der Waals surface area contributed by atoms with Crippen LogP contribution in [0.3, 0.4) is 0 Å². The molecule has 114 valence electrons. The Morgan fingerprint density at radius 3 is 3.00 bits per heavy atom. The fraction of sp³-hybridized carbons (Fsp3) is 0.429. The topological polar surface area (TPSA) is 66.0 Å². The number of aliphatic imine (C=N–C) groups is 1. The molecule has 7 heteroatoms. The van der Waals surface area contributed by atoms with E-state index in [0.717, 1.165) is 25.5 Å². The fourth-order valence-corrected chi connectivity index (χ4v) is 2.29. The number of hydrogen-bond acceptors (Lipinski definition) is 4. The molecule has 1 heterocycles. The number of carbonyl (C=O) groups is 1. The van der Waals surface area contributed by atoms with Gasteiger partial charge in [0.1, 0.15) is 5.75 Å². The summed E-state index contributed by atoms with van der Waals surface area (Å²) < 4.78 is 5.18. The first-order valence-electron chi connectivity index (χ1n) is 6.74. The van der Waals surface area contributed by atoms with Gasteiger partial charge < -0.3 is 20.3 Å². The molecule has 0 saturated carbocycles. The van der Waals surface area contributed by atoms with E-state index in [9.17, 15) is 4.79 Å². The Morgan fingerprint density at radius 2 is 2.33 bits per heavy atom. The Bertz CT molecular complexity index is 548. The van der Waals surface area contributed by atoms with E-state index in [1.54, 1.807) is 25.3 Å². The number of nitrogens with zero attached hydrogens (tertiary/aromatic N) is 2. The molecule has 0 radical (unpaired) electrons. The second kappa shape index (κ2) is 7.17. The molecule has 0 fully saturated rings. The standard InChI is InChI=1S/C14H19ClN4O2/c1-10-16-5-7-19(10)8-6-17-14(20)18-12-9-11(15)3-4-13(12)21-2/h3-4,9H,5-8H2,1-2H3,(H2,17,18,20). The summed E-state index contributed by atoms with van der Waals surface area (Å²) in [6, 6.07) is 4.78. The van der Waals surface area contributed by atoms with Gasteiger partial charge in [-0.15, -0.1) is 0 Å². The van der Waals surface area contributed by atoms with E-state index in [2.05, 4.69) is 20.5 Å². The molecule has 0 aliphatic carbocycles. The van der Waals surface area contributed by atoms with Crippen molar-refractivity contribution in [3.63, 3.8) is 0 Å². The summed E-state index contributed by atoms with van der Waals surface area (Å²) in [5.41, 5.74) is 0.543. The number of halogens is 1. The first-order valence-corrected chi connectivity index (χ1v) is 7.12. The summed E-state index contributed by atoms with van der Waals surface area (Å²) in [5, 5.41) is 6.07. The molecule has 1 aromatic carbocycles. The van der Waals surface area contributed by atoms with E-state index in [1.807, 2.05) is 6.92 Å². The van der Waals surface area contributed by atoms with Crippen molar-refractivity contribution in [3.05, 3.63) is 23.2 Å². The maximum atomic E-state index is 11.9. The summed E-state index contributed by atoms with van der Waals surface area (Å²) >= 11 is 5.92. The number of amides is 2. The largest absolute Gasteiger partial charge is 0.495 e. The maximum absolute atomic E-state index is 11.9. The molecule has 0 atom stereocenters. The third-order valence-corrected chi connectivity index (χ3v) is 3.48. The number of amidine groups is 1. The molecule has 6 nitrogen and oxygen atoms in total. The molecule has 2 amide bonds. The Hall–Kier alpha value is -1.95. The monoisotopic (exact) mass is 310 g/mol. The lowest BCUT2D eigenvalue weighted by atomic mass is 10.3. The lowest BCUT2D eigenvalue weighted by Gasteiger charge is -2.18. The SMILES string of the molecule is COc1ccc(Cl)cc1NC(=O)NCCN1CCN=C1C. The highest BCUT2D eigenvalue weighted by molar-refractivity contribution is 6.31. The second-order valence-corrected chi connectivity index (χ2v) is 5.08. The number of urea groups is 1. The number of nitrogens with one attached hydrogen (secondary N) is 2. The Labute approximate surface area is 129 Å². The van der Waals surface area contributed by atoms with Gasteiger partial charge in [-0.05, 0) is 25.1 Å². The van der Waals surface area contributed by atoms with Crippen LogP contribution in [0.15, 0.2) is 23.2 Å². The summed E-state index contributed by atoms with van der Waals surface area (Å²) in [7, 11) is 1.54. The van der Waals surface area contributed by atoms with Crippen molar-refractivity contribution in [2.75, 3.05) is 38.6 Å². The van der Waals surface area contributed by atoms with Crippen molar-refractivity contribution in [1.29, 1.82) is 0 Å². The van der Waals surface area contributed by atoms with Gasteiger partial charge in [0.25, 0.3) is 0 Å². The van der Waals surface area contributed by atoms with Crippen molar-refractivity contribution in [2.24, 2.45) is 4.99 Å². The molecule has 1 aliphatic heterocycles. The third kappa shape index (κ3) is 4.26. The van der Waals surface area contributed by atoms with Gasteiger partial charge in [-0.3, -0.25) is 4.99 Å². The van der Waals surface area contributed by atoms with Gasteiger partial charge in [0.15, 0.2) is 0 Å². The predicted molar refractivity (Wildman–Crippen MR) is 84.6 cm³/mol. The van der Waals surface area contributed by atoms with Gasteiger partial charge in [-0.2, -0.15) is 0 Å². The molecule has 21 heavy (non-hydrogen) atoms. The van der Waals surface area contributed by atoms with Crippen molar-refractivity contribution in [1.82, 2.24) is 10.2 Å². The lowest BCUT2D eigenvalue weighted by molar-refractivity contribution is 0.251. The number of ether oxygens (including phenoxy) is 1. The summed E-state index contributed by atoms with van der Waals surface area (Å²) in [6.45, 7) is 5.01. The molecule has 0 spiro atoms. The van der Waals surface area contributed by atoms with Crippen LogP contribution >= 0.6 is 11.6 Å². The molecule has 1 aliphatic rings. The maximum Gasteiger partial charge on any atom is 0.319 e. The highest BCUT2D eigenvalue weighted by atomic mass is 35.5. The van der Waals surface area contributed by atoms with Crippen molar-refractivity contribution in [3.8, 4) is 5.75 Å². The molecule has 2 rings (SSSR count). The van der Waals surface area contributed by atoms with Gasteiger partial charge >= 0.3 is 6.03 Å². The molecular formula is C14H19ClN4O2. The third-order valence-electron chi connectivity index (χ3n) is 3.25. The van der Waals surface area contributed by atoms with Gasteiger partial charge in [0.05, 0.1) is 25.2 Å². The zero-order valence-electron chi connectivity index (χ0n) is 12.1. The highest BCUT2D eigenvalue weighted by Gasteiger charge is 2.12. The minimum atomic E-state index is -0.288. The van der Waals surface area contributed by atoms with Crippen molar-refractivity contribution < 1.29 is 9.53 Å².